The van der Waals surface area contributed by atoms with Gasteiger partial charge in [-0.05, 0) is 30.2 Å². The van der Waals surface area contributed by atoms with Gasteiger partial charge in [-0.15, -0.1) is 0 Å². The summed E-state index contributed by atoms with van der Waals surface area (Å²) in [5.74, 6) is -1.12. The van der Waals surface area contributed by atoms with Gasteiger partial charge in [-0.2, -0.15) is 13.2 Å². The van der Waals surface area contributed by atoms with Crippen LogP contribution in [0.25, 0.3) is 0 Å². The molecule has 1 N–H and O–H groups in total. The molecule has 1 saturated heterocycles. The molecule has 3 rings (SSSR count). The van der Waals surface area contributed by atoms with Gasteiger partial charge in [0.1, 0.15) is 6.04 Å². The van der Waals surface area contributed by atoms with Gasteiger partial charge in [0.25, 0.3) is 11.8 Å². The summed E-state index contributed by atoms with van der Waals surface area (Å²) in [6.07, 6.45) is -4.11. The molecular weight excluding hydrogens is 361 g/mol. The lowest BCUT2D eigenvalue weighted by atomic mass is 10.00. The summed E-state index contributed by atoms with van der Waals surface area (Å²) < 4.78 is 38.4. The largest absolute Gasteiger partial charge is 0.416 e. The highest BCUT2D eigenvalue weighted by molar-refractivity contribution is 5.98. The summed E-state index contributed by atoms with van der Waals surface area (Å²) in [7, 11) is 0. The number of rotatable bonds is 5. The second-order valence-electron chi connectivity index (χ2n) is 6.12. The second-order valence-corrected chi connectivity index (χ2v) is 6.12. The van der Waals surface area contributed by atoms with E-state index >= 15 is 0 Å². The Morgan fingerprint density at radius 1 is 1.11 bits per heavy atom. The van der Waals surface area contributed by atoms with Crippen molar-refractivity contribution in [3.05, 3.63) is 71.3 Å². The molecule has 8 heteroatoms. The predicted octanol–water partition coefficient (Wildman–Crippen LogP) is 3.17. The Morgan fingerprint density at radius 3 is 2.48 bits per heavy atom. The Labute approximate surface area is 153 Å². The summed E-state index contributed by atoms with van der Waals surface area (Å²) in [4.78, 5) is 31.0. The van der Waals surface area contributed by atoms with Crippen molar-refractivity contribution in [2.75, 3.05) is 6.54 Å². The molecule has 5 nitrogen and oxygen atoms in total. The molecule has 2 amide bonds. The van der Waals surface area contributed by atoms with Crippen molar-refractivity contribution >= 4 is 11.8 Å². The molecule has 0 aliphatic carbocycles. The Morgan fingerprint density at radius 2 is 1.85 bits per heavy atom. The van der Waals surface area contributed by atoms with E-state index in [1.165, 1.54) is 17.0 Å². The van der Waals surface area contributed by atoms with Crippen LogP contribution < -0.4 is 5.48 Å². The Kier molecular flexibility index (Phi) is 5.46. The van der Waals surface area contributed by atoms with Crippen molar-refractivity contribution < 1.29 is 27.6 Å². The van der Waals surface area contributed by atoms with Crippen LogP contribution in [0.15, 0.2) is 54.6 Å². The molecule has 0 aromatic heterocycles. The van der Waals surface area contributed by atoms with Gasteiger partial charge in [0, 0.05) is 12.1 Å². The number of halogens is 3. The van der Waals surface area contributed by atoms with Crippen LogP contribution in [-0.2, 0) is 22.4 Å². The zero-order valence-corrected chi connectivity index (χ0v) is 14.2. The molecule has 1 unspecified atom stereocenters. The fourth-order valence-electron chi connectivity index (χ4n) is 2.73. The number of hydrogen-bond acceptors (Lipinski definition) is 3. The fraction of sp³-hybridized carbons (Fsp3) is 0.263. The standard InChI is InChI=1S/C19H17F3N2O3/c20-19(21,22)15-8-4-7-14(11-15)18(26)24-10-9-16(24)17(25)23-27-12-13-5-2-1-3-6-13/h1-8,11,16H,9-10,12H2,(H,23,25). The molecule has 1 fully saturated rings. The van der Waals surface area contributed by atoms with Crippen molar-refractivity contribution in [2.45, 2.75) is 25.2 Å². The van der Waals surface area contributed by atoms with Crippen molar-refractivity contribution in [3.8, 4) is 0 Å². The molecule has 0 saturated carbocycles. The molecule has 142 valence electrons. The molecule has 2 aromatic carbocycles. The molecule has 1 atom stereocenters. The number of likely N-dealkylation sites (tertiary alicyclic amines) is 1. The topological polar surface area (TPSA) is 58.6 Å². The maximum absolute atomic E-state index is 12.8. The molecule has 2 aromatic rings. The van der Waals surface area contributed by atoms with E-state index in [1.54, 1.807) is 0 Å². The quantitative estimate of drug-likeness (QED) is 0.813. The van der Waals surface area contributed by atoms with Crippen molar-refractivity contribution in [2.24, 2.45) is 0 Å². The van der Waals surface area contributed by atoms with Gasteiger partial charge in [-0.25, -0.2) is 5.48 Å². The van der Waals surface area contributed by atoms with Gasteiger partial charge in [0.05, 0.1) is 12.2 Å². The number of nitrogens with zero attached hydrogens (tertiary/aromatic N) is 1. The van der Waals surface area contributed by atoms with Crippen LogP contribution in [0, 0.1) is 0 Å². The first-order valence-electron chi connectivity index (χ1n) is 8.30. The van der Waals surface area contributed by atoms with Crippen LogP contribution in [0.4, 0.5) is 13.2 Å². The van der Waals surface area contributed by atoms with Gasteiger partial charge < -0.3 is 4.90 Å². The zero-order chi connectivity index (χ0) is 19.4. The average Bonchev–Trinajstić information content (AvgIpc) is 2.61. The summed E-state index contributed by atoms with van der Waals surface area (Å²) in [6.45, 7) is 0.465. The number of benzene rings is 2. The monoisotopic (exact) mass is 378 g/mol. The minimum Gasteiger partial charge on any atom is -0.326 e. The van der Waals surface area contributed by atoms with Gasteiger partial charge in [0.2, 0.25) is 0 Å². The minimum atomic E-state index is -4.53. The first-order valence-corrected chi connectivity index (χ1v) is 8.30. The molecular formula is C19H17F3N2O3. The van der Waals surface area contributed by atoms with Crippen molar-refractivity contribution in [3.63, 3.8) is 0 Å². The van der Waals surface area contributed by atoms with Gasteiger partial charge in [-0.3, -0.25) is 14.4 Å². The Hall–Kier alpha value is -2.87. The number of nitrogens with one attached hydrogen (secondary N) is 1. The number of hydrogen-bond donors (Lipinski definition) is 1. The highest BCUT2D eigenvalue weighted by Crippen LogP contribution is 2.30. The third kappa shape index (κ3) is 4.46. The van der Waals surface area contributed by atoms with Crippen LogP contribution in [0.1, 0.15) is 27.9 Å². The number of carbonyl (C=O) groups is 2. The Bertz CT molecular complexity index is 824. The van der Waals surface area contributed by atoms with E-state index < -0.39 is 29.6 Å². The van der Waals surface area contributed by atoms with Crippen LogP contribution in [-0.4, -0.2) is 29.3 Å². The third-order valence-electron chi connectivity index (χ3n) is 4.27. The lowest BCUT2D eigenvalue weighted by Gasteiger charge is -2.39. The van der Waals surface area contributed by atoms with E-state index in [0.29, 0.717) is 13.0 Å². The highest BCUT2D eigenvalue weighted by atomic mass is 19.4. The zero-order valence-electron chi connectivity index (χ0n) is 14.2. The lowest BCUT2D eigenvalue weighted by molar-refractivity contribution is -0.143. The summed E-state index contributed by atoms with van der Waals surface area (Å²) in [6, 6.07) is 12.6. The predicted molar refractivity (Wildman–Crippen MR) is 90.3 cm³/mol. The van der Waals surface area contributed by atoms with Gasteiger partial charge in [-0.1, -0.05) is 36.4 Å². The van der Waals surface area contributed by atoms with E-state index in [-0.39, 0.29) is 12.2 Å². The molecule has 1 aliphatic rings. The van der Waals surface area contributed by atoms with Crippen LogP contribution in [0.5, 0.6) is 0 Å². The van der Waals surface area contributed by atoms with Crippen LogP contribution in [0.2, 0.25) is 0 Å². The van der Waals surface area contributed by atoms with E-state index in [2.05, 4.69) is 5.48 Å². The molecule has 0 radical (unpaired) electrons. The molecule has 1 aliphatic heterocycles. The summed E-state index contributed by atoms with van der Waals surface area (Å²) in [5, 5.41) is 0. The minimum absolute atomic E-state index is 0.104. The lowest BCUT2D eigenvalue weighted by Crippen LogP contribution is -2.58. The second kappa shape index (κ2) is 7.79. The maximum Gasteiger partial charge on any atom is 0.416 e. The molecule has 1 heterocycles. The van der Waals surface area contributed by atoms with Gasteiger partial charge >= 0.3 is 6.18 Å². The first kappa shape index (κ1) is 18.9. The van der Waals surface area contributed by atoms with Crippen molar-refractivity contribution in [1.82, 2.24) is 10.4 Å². The highest BCUT2D eigenvalue weighted by Gasteiger charge is 2.39. The van der Waals surface area contributed by atoms with E-state index in [9.17, 15) is 22.8 Å². The van der Waals surface area contributed by atoms with Gasteiger partial charge in [0.15, 0.2) is 0 Å². The number of hydroxylamine groups is 1. The molecule has 0 spiro atoms. The normalized spacial score (nSPS) is 16.6. The first-order chi connectivity index (χ1) is 12.9. The number of alkyl halides is 3. The summed E-state index contributed by atoms with van der Waals surface area (Å²) in [5.41, 5.74) is 2.15. The number of amides is 2. The maximum atomic E-state index is 12.8. The average molecular weight is 378 g/mol. The molecule has 0 bridgehead atoms. The van der Waals surface area contributed by atoms with Crippen LogP contribution >= 0.6 is 0 Å². The smallest absolute Gasteiger partial charge is 0.326 e. The van der Waals surface area contributed by atoms with E-state index in [1.807, 2.05) is 30.3 Å². The summed E-state index contributed by atoms with van der Waals surface area (Å²) >= 11 is 0. The fourth-order valence-corrected chi connectivity index (χ4v) is 2.73. The van der Waals surface area contributed by atoms with Crippen molar-refractivity contribution in [1.29, 1.82) is 0 Å². The van der Waals surface area contributed by atoms with E-state index in [4.69, 9.17) is 4.84 Å². The number of carbonyl (C=O) groups excluding carboxylic acids is 2. The Balaban J connectivity index is 1.58. The SMILES string of the molecule is O=C(NOCc1ccccc1)C1CCN1C(=O)c1cccc(C(F)(F)F)c1. The van der Waals surface area contributed by atoms with Crippen LogP contribution in [0.3, 0.4) is 0 Å². The van der Waals surface area contributed by atoms with E-state index in [0.717, 1.165) is 17.7 Å². The third-order valence-corrected chi connectivity index (χ3v) is 4.27. The molecule has 27 heavy (non-hydrogen) atoms.